The summed E-state index contributed by atoms with van der Waals surface area (Å²) in [5, 5.41) is 8.82. The first kappa shape index (κ1) is 9.00. The third-order valence-electron chi connectivity index (χ3n) is 1.87. The molecule has 0 saturated heterocycles. The molecule has 12 heavy (non-hydrogen) atoms. The molecule has 0 fully saturated rings. The number of ether oxygens (including phenoxy) is 1. The van der Waals surface area contributed by atoms with Crippen LogP contribution in [0.3, 0.4) is 0 Å². The quantitative estimate of drug-likeness (QED) is 0.731. The summed E-state index contributed by atoms with van der Waals surface area (Å²) in [6.45, 7) is 1.42. The van der Waals surface area contributed by atoms with Gasteiger partial charge in [0.15, 0.2) is 0 Å². The maximum Gasteiger partial charge on any atom is 0.129 e. The minimum atomic E-state index is -0.393. The van der Waals surface area contributed by atoms with Crippen molar-refractivity contribution in [2.45, 2.75) is 13.5 Å². The van der Waals surface area contributed by atoms with Crippen LogP contribution < -0.4 is 4.74 Å². The molecule has 66 valence electrons. The van der Waals surface area contributed by atoms with Crippen molar-refractivity contribution in [2.75, 3.05) is 7.11 Å². The highest BCUT2D eigenvalue weighted by atomic mass is 19.1. The topological polar surface area (TPSA) is 29.5 Å². The summed E-state index contributed by atoms with van der Waals surface area (Å²) in [6, 6.07) is 2.83. The molecule has 0 radical (unpaired) electrons. The molecule has 1 aromatic rings. The number of benzene rings is 1. The summed E-state index contributed by atoms with van der Waals surface area (Å²) >= 11 is 0. The van der Waals surface area contributed by atoms with E-state index in [-0.39, 0.29) is 6.61 Å². The lowest BCUT2D eigenvalue weighted by molar-refractivity contribution is 0.273. The van der Waals surface area contributed by atoms with Gasteiger partial charge >= 0.3 is 0 Å². The van der Waals surface area contributed by atoms with Gasteiger partial charge in [-0.1, -0.05) is 0 Å². The van der Waals surface area contributed by atoms with Crippen molar-refractivity contribution in [2.24, 2.45) is 0 Å². The van der Waals surface area contributed by atoms with E-state index in [4.69, 9.17) is 9.84 Å². The van der Waals surface area contributed by atoms with Crippen LogP contribution in [0.4, 0.5) is 4.39 Å². The Morgan fingerprint density at radius 2 is 2.17 bits per heavy atom. The summed E-state index contributed by atoms with van der Waals surface area (Å²) in [5.41, 5.74) is 0.953. The lowest BCUT2D eigenvalue weighted by atomic mass is 10.1. The van der Waals surface area contributed by atoms with Gasteiger partial charge in [0.25, 0.3) is 0 Å². The average Bonchev–Trinajstić information content (AvgIpc) is 2.06. The van der Waals surface area contributed by atoms with Gasteiger partial charge in [0.1, 0.15) is 11.6 Å². The second-order valence-corrected chi connectivity index (χ2v) is 2.51. The zero-order valence-corrected chi connectivity index (χ0v) is 7.10. The highest BCUT2D eigenvalue weighted by Gasteiger charge is 2.08. The number of aliphatic hydroxyl groups excluding tert-OH is 1. The number of methoxy groups -OCH3 is 1. The van der Waals surface area contributed by atoms with E-state index in [0.29, 0.717) is 16.9 Å². The molecule has 0 saturated carbocycles. The highest BCUT2D eigenvalue weighted by molar-refractivity contribution is 5.39. The second kappa shape index (κ2) is 3.54. The van der Waals surface area contributed by atoms with Crippen molar-refractivity contribution in [3.63, 3.8) is 0 Å². The first-order valence-electron chi connectivity index (χ1n) is 3.63. The molecule has 0 aromatic heterocycles. The fourth-order valence-electron chi connectivity index (χ4n) is 1.12. The summed E-state index contributed by atoms with van der Waals surface area (Å²) in [6.07, 6.45) is 0. The lowest BCUT2D eigenvalue weighted by Gasteiger charge is -2.08. The molecule has 0 atom stereocenters. The molecule has 0 aliphatic carbocycles. The Morgan fingerprint density at radius 3 is 2.67 bits per heavy atom. The predicted octanol–water partition coefficient (Wildman–Crippen LogP) is 1.64. The van der Waals surface area contributed by atoms with Gasteiger partial charge in [0, 0.05) is 5.56 Å². The summed E-state index contributed by atoms with van der Waals surface area (Å²) in [5.74, 6) is 0.205. The number of aliphatic hydroxyl groups is 1. The minimum absolute atomic E-state index is 0.297. The van der Waals surface area contributed by atoms with Crippen molar-refractivity contribution in [1.29, 1.82) is 0 Å². The molecular formula is C9H11FO2. The van der Waals surface area contributed by atoms with Gasteiger partial charge in [-0.15, -0.1) is 0 Å². The van der Waals surface area contributed by atoms with Crippen LogP contribution in [0.15, 0.2) is 12.1 Å². The Labute approximate surface area is 70.6 Å². The first-order chi connectivity index (χ1) is 5.70. The van der Waals surface area contributed by atoms with E-state index >= 15 is 0 Å². The number of hydrogen-bond acceptors (Lipinski definition) is 2. The molecule has 1 N–H and O–H groups in total. The maximum atomic E-state index is 13.0. The molecule has 3 heteroatoms. The Hall–Kier alpha value is -1.09. The zero-order valence-electron chi connectivity index (χ0n) is 7.10. The molecule has 2 nitrogen and oxygen atoms in total. The van der Waals surface area contributed by atoms with Gasteiger partial charge in [0.2, 0.25) is 0 Å². The van der Waals surface area contributed by atoms with Crippen LogP contribution in [0.5, 0.6) is 5.75 Å². The molecule has 1 aromatic carbocycles. The standard InChI is InChI=1S/C9H11FO2/c1-6-7(5-11)8(10)3-4-9(6)12-2/h3-4,11H,5H2,1-2H3. The van der Waals surface area contributed by atoms with Crippen molar-refractivity contribution in [3.05, 3.63) is 29.1 Å². The largest absolute Gasteiger partial charge is 0.496 e. The van der Waals surface area contributed by atoms with E-state index in [1.54, 1.807) is 13.0 Å². The molecule has 0 aliphatic rings. The minimum Gasteiger partial charge on any atom is -0.496 e. The van der Waals surface area contributed by atoms with Gasteiger partial charge in [-0.2, -0.15) is 0 Å². The number of rotatable bonds is 2. The summed E-state index contributed by atoms with van der Waals surface area (Å²) < 4.78 is 17.9. The second-order valence-electron chi connectivity index (χ2n) is 2.51. The smallest absolute Gasteiger partial charge is 0.129 e. The van der Waals surface area contributed by atoms with Crippen LogP contribution in [-0.2, 0) is 6.61 Å². The van der Waals surface area contributed by atoms with Crippen LogP contribution in [-0.4, -0.2) is 12.2 Å². The van der Waals surface area contributed by atoms with Crippen LogP contribution in [0.1, 0.15) is 11.1 Å². The van der Waals surface area contributed by atoms with E-state index in [9.17, 15) is 4.39 Å². The molecule has 0 heterocycles. The molecule has 0 spiro atoms. The van der Waals surface area contributed by atoms with Crippen LogP contribution in [0.2, 0.25) is 0 Å². The van der Waals surface area contributed by atoms with Crippen LogP contribution >= 0.6 is 0 Å². The predicted molar refractivity (Wildman–Crippen MR) is 43.6 cm³/mol. The Kier molecular flexibility index (Phi) is 2.65. The average molecular weight is 170 g/mol. The van der Waals surface area contributed by atoms with E-state index in [1.807, 2.05) is 0 Å². The van der Waals surface area contributed by atoms with E-state index in [0.717, 1.165) is 0 Å². The highest BCUT2D eigenvalue weighted by Crippen LogP contribution is 2.23. The fourth-order valence-corrected chi connectivity index (χ4v) is 1.12. The molecular weight excluding hydrogens is 159 g/mol. The Balaban J connectivity index is 3.24. The third-order valence-corrected chi connectivity index (χ3v) is 1.87. The summed E-state index contributed by atoms with van der Waals surface area (Å²) in [7, 11) is 1.52. The molecule has 0 amide bonds. The van der Waals surface area contributed by atoms with E-state index in [2.05, 4.69) is 0 Å². The van der Waals surface area contributed by atoms with Crippen molar-refractivity contribution >= 4 is 0 Å². The van der Waals surface area contributed by atoms with Gasteiger partial charge in [-0.3, -0.25) is 0 Å². The molecule has 0 unspecified atom stereocenters. The Bertz CT molecular complexity index is 284. The van der Waals surface area contributed by atoms with Crippen LogP contribution in [0.25, 0.3) is 0 Å². The van der Waals surface area contributed by atoms with Crippen LogP contribution in [0, 0.1) is 12.7 Å². The van der Waals surface area contributed by atoms with Crippen molar-refractivity contribution < 1.29 is 14.2 Å². The lowest BCUT2D eigenvalue weighted by Crippen LogP contribution is -1.97. The maximum absolute atomic E-state index is 13.0. The first-order valence-corrected chi connectivity index (χ1v) is 3.63. The Morgan fingerprint density at radius 1 is 1.50 bits per heavy atom. The van der Waals surface area contributed by atoms with Crippen molar-refractivity contribution in [1.82, 2.24) is 0 Å². The van der Waals surface area contributed by atoms with Gasteiger partial charge in [0.05, 0.1) is 13.7 Å². The van der Waals surface area contributed by atoms with Crippen molar-refractivity contribution in [3.8, 4) is 5.75 Å². The SMILES string of the molecule is COc1ccc(F)c(CO)c1C. The third kappa shape index (κ3) is 1.41. The molecule has 0 aliphatic heterocycles. The number of hydrogen-bond donors (Lipinski definition) is 1. The molecule has 0 bridgehead atoms. The zero-order chi connectivity index (χ0) is 9.14. The van der Waals surface area contributed by atoms with Gasteiger partial charge < -0.3 is 9.84 Å². The van der Waals surface area contributed by atoms with Gasteiger partial charge in [-0.25, -0.2) is 4.39 Å². The normalized spacial score (nSPS) is 10.0. The fraction of sp³-hybridized carbons (Fsp3) is 0.333. The van der Waals surface area contributed by atoms with E-state index < -0.39 is 5.82 Å². The summed E-state index contributed by atoms with van der Waals surface area (Å²) in [4.78, 5) is 0. The molecule has 1 rings (SSSR count). The number of halogens is 1. The van der Waals surface area contributed by atoms with Gasteiger partial charge in [-0.05, 0) is 24.6 Å². The van der Waals surface area contributed by atoms with E-state index in [1.165, 1.54) is 13.2 Å². The monoisotopic (exact) mass is 170 g/mol.